The Morgan fingerprint density at radius 1 is 1.22 bits per heavy atom. The molecular formula is C24H34FN3O4. The number of hydrogen-bond donors (Lipinski definition) is 3. The molecule has 176 valence electrons. The second kappa shape index (κ2) is 11.2. The molecule has 7 nitrogen and oxygen atoms in total. The van der Waals surface area contributed by atoms with Gasteiger partial charge in [0.05, 0.1) is 18.5 Å². The van der Waals surface area contributed by atoms with E-state index in [4.69, 9.17) is 10.5 Å². The topological polar surface area (TPSA) is 111 Å². The monoisotopic (exact) mass is 447 g/mol. The Balaban J connectivity index is 2.15. The molecule has 2 rings (SSSR count). The van der Waals surface area contributed by atoms with E-state index in [1.807, 2.05) is 30.3 Å². The molecule has 1 fully saturated rings. The van der Waals surface area contributed by atoms with Crippen molar-refractivity contribution in [2.24, 2.45) is 11.7 Å². The van der Waals surface area contributed by atoms with Crippen molar-refractivity contribution in [3.8, 4) is 0 Å². The Morgan fingerprint density at radius 2 is 1.88 bits per heavy atom. The fraction of sp³-hybridized carbons (Fsp3) is 0.542. The Bertz CT molecular complexity index is 847. The molecule has 1 aliphatic rings. The fourth-order valence-electron chi connectivity index (χ4n) is 3.59. The number of rotatable bonds is 8. The summed E-state index contributed by atoms with van der Waals surface area (Å²) in [7, 11) is 0. The van der Waals surface area contributed by atoms with Crippen LogP contribution in [0.3, 0.4) is 0 Å². The summed E-state index contributed by atoms with van der Waals surface area (Å²) in [6, 6.07) is 7.67. The summed E-state index contributed by atoms with van der Waals surface area (Å²) in [5.74, 6) is -2.65. The van der Waals surface area contributed by atoms with E-state index >= 15 is 0 Å². The standard InChI is InChI=1S/C24H34FN3O4/c1-15(26)21(29)27-14-19(25)17-11-8-12-18(17)22(30)28-20(23(31)32-24(2,3)4)13-16-9-6-5-7-10-16/h5-7,9-10,15,18,20H,8,11-14,26H2,1-4H3,(H,27,29)(H,28,30)/b19-17+/t15-,18-,20-/m0/s1. The Kier molecular flexibility index (Phi) is 8.95. The van der Waals surface area contributed by atoms with Crippen molar-refractivity contribution in [3.05, 3.63) is 47.3 Å². The molecule has 32 heavy (non-hydrogen) atoms. The first-order chi connectivity index (χ1) is 15.0. The molecule has 0 aromatic heterocycles. The highest BCUT2D eigenvalue weighted by atomic mass is 19.1. The van der Waals surface area contributed by atoms with Crippen molar-refractivity contribution >= 4 is 17.8 Å². The van der Waals surface area contributed by atoms with Gasteiger partial charge in [-0.25, -0.2) is 9.18 Å². The Morgan fingerprint density at radius 3 is 2.47 bits per heavy atom. The van der Waals surface area contributed by atoms with Crippen molar-refractivity contribution in [3.63, 3.8) is 0 Å². The van der Waals surface area contributed by atoms with E-state index in [1.165, 1.54) is 6.92 Å². The van der Waals surface area contributed by atoms with Crippen molar-refractivity contribution in [2.45, 2.75) is 71.1 Å². The average Bonchev–Trinajstić information content (AvgIpc) is 3.20. The molecule has 2 amide bonds. The number of hydrogen-bond acceptors (Lipinski definition) is 5. The zero-order chi connectivity index (χ0) is 23.9. The average molecular weight is 448 g/mol. The molecule has 8 heteroatoms. The van der Waals surface area contributed by atoms with Gasteiger partial charge in [0.15, 0.2) is 0 Å². The molecule has 1 aromatic rings. The van der Waals surface area contributed by atoms with Crippen molar-refractivity contribution in [1.82, 2.24) is 10.6 Å². The van der Waals surface area contributed by atoms with Crippen LogP contribution in [0.15, 0.2) is 41.7 Å². The van der Waals surface area contributed by atoms with Crippen molar-refractivity contribution in [2.75, 3.05) is 6.54 Å². The fourth-order valence-corrected chi connectivity index (χ4v) is 3.59. The highest BCUT2D eigenvalue weighted by molar-refractivity contribution is 5.88. The molecule has 0 radical (unpaired) electrons. The Hall–Kier alpha value is -2.74. The number of amides is 2. The summed E-state index contributed by atoms with van der Waals surface area (Å²) in [5.41, 5.74) is 6.00. The summed E-state index contributed by atoms with van der Waals surface area (Å²) in [5, 5.41) is 5.21. The van der Waals surface area contributed by atoms with Crippen LogP contribution in [0.4, 0.5) is 4.39 Å². The van der Waals surface area contributed by atoms with Crippen LogP contribution < -0.4 is 16.4 Å². The smallest absolute Gasteiger partial charge is 0.329 e. The number of benzene rings is 1. The van der Waals surface area contributed by atoms with Crippen LogP contribution >= 0.6 is 0 Å². The van der Waals surface area contributed by atoms with Gasteiger partial charge in [0.1, 0.15) is 17.5 Å². The summed E-state index contributed by atoms with van der Waals surface area (Å²) in [6.45, 7) is 6.48. The van der Waals surface area contributed by atoms with Gasteiger partial charge >= 0.3 is 5.97 Å². The van der Waals surface area contributed by atoms with Gasteiger partial charge in [0.2, 0.25) is 11.8 Å². The lowest BCUT2D eigenvalue weighted by atomic mass is 9.99. The summed E-state index contributed by atoms with van der Waals surface area (Å²) in [6.07, 6.45) is 1.81. The minimum absolute atomic E-state index is 0.264. The quantitative estimate of drug-likeness (QED) is 0.531. The largest absolute Gasteiger partial charge is 0.458 e. The number of nitrogens with one attached hydrogen (secondary N) is 2. The first kappa shape index (κ1) is 25.5. The maximum atomic E-state index is 14.8. The van der Waals surface area contributed by atoms with Crippen molar-refractivity contribution < 1.29 is 23.5 Å². The van der Waals surface area contributed by atoms with Gasteiger partial charge in [-0.05, 0) is 58.1 Å². The van der Waals surface area contributed by atoms with Crippen LogP contribution in [0.25, 0.3) is 0 Å². The van der Waals surface area contributed by atoms with E-state index < -0.39 is 47.2 Å². The van der Waals surface area contributed by atoms with Gasteiger partial charge < -0.3 is 21.1 Å². The summed E-state index contributed by atoms with van der Waals surface area (Å²) >= 11 is 0. The van der Waals surface area contributed by atoms with Crippen LogP contribution in [0.2, 0.25) is 0 Å². The first-order valence-electron chi connectivity index (χ1n) is 11.0. The lowest BCUT2D eigenvalue weighted by Gasteiger charge is -2.26. The third kappa shape index (κ3) is 7.75. The van der Waals surface area contributed by atoms with E-state index in [2.05, 4.69) is 10.6 Å². The SMILES string of the molecule is C[C@H](N)C(=O)NC/C(F)=C1/CCC[C@@H]1C(=O)N[C@@H](Cc1ccccc1)C(=O)OC(C)(C)C. The number of nitrogens with two attached hydrogens (primary N) is 1. The van der Waals surface area contributed by atoms with E-state index in [9.17, 15) is 18.8 Å². The lowest BCUT2D eigenvalue weighted by molar-refractivity contribution is -0.158. The van der Waals surface area contributed by atoms with Gasteiger partial charge in [-0.3, -0.25) is 9.59 Å². The first-order valence-corrected chi connectivity index (χ1v) is 11.0. The predicted molar refractivity (Wildman–Crippen MR) is 120 cm³/mol. The Labute approximate surface area is 189 Å². The number of halogens is 1. The van der Waals surface area contributed by atoms with Crippen LogP contribution in [0.5, 0.6) is 0 Å². The van der Waals surface area contributed by atoms with E-state index in [0.29, 0.717) is 24.8 Å². The highest BCUT2D eigenvalue weighted by Gasteiger charge is 2.34. The third-order valence-corrected chi connectivity index (χ3v) is 5.15. The lowest BCUT2D eigenvalue weighted by Crippen LogP contribution is -2.47. The second-order valence-corrected chi connectivity index (χ2v) is 9.17. The number of ether oxygens (including phenoxy) is 1. The molecular weight excluding hydrogens is 413 g/mol. The zero-order valence-corrected chi connectivity index (χ0v) is 19.2. The number of esters is 1. The normalized spacial score (nSPS) is 19.6. The molecule has 0 spiro atoms. The highest BCUT2D eigenvalue weighted by Crippen LogP contribution is 2.34. The molecule has 0 aliphatic heterocycles. The van der Waals surface area contributed by atoms with Crippen LogP contribution in [-0.4, -0.2) is 42.0 Å². The van der Waals surface area contributed by atoms with E-state index in [-0.39, 0.29) is 13.0 Å². The van der Waals surface area contributed by atoms with E-state index in [0.717, 1.165) is 5.56 Å². The predicted octanol–water partition coefficient (Wildman–Crippen LogP) is 2.54. The molecule has 1 aliphatic carbocycles. The van der Waals surface area contributed by atoms with Crippen LogP contribution in [-0.2, 0) is 25.5 Å². The van der Waals surface area contributed by atoms with Gasteiger partial charge in [0, 0.05) is 6.42 Å². The zero-order valence-electron chi connectivity index (χ0n) is 19.2. The molecule has 1 saturated carbocycles. The van der Waals surface area contributed by atoms with Gasteiger partial charge in [0.25, 0.3) is 0 Å². The molecule has 0 unspecified atom stereocenters. The molecule has 0 heterocycles. The van der Waals surface area contributed by atoms with Gasteiger partial charge in [-0.2, -0.15) is 0 Å². The molecule has 0 saturated heterocycles. The summed E-state index contributed by atoms with van der Waals surface area (Å²) < 4.78 is 20.3. The maximum absolute atomic E-state index is 14.8. The second-order valence-electron chi connectivity index (χ2n) is 9.17. The van der Waals surface area contributed by atoms with Crippen LogP contribution in [0, 0.1) is 5.92 Å². The maximum Gasteiger partial charge on any atom is 0.329 e. The molecule has 1 aromatic carbocycles. The molecule has 3 atom stereocenters. The van der Waals surface area contributed by atoms with Gasteiger partial charge in [-0.1, -0.05) is 30.3 Å². The number of carbonyl (C=O) groups is 3. The molecule has 4 N–H and O–H groups in total. The summed E-state index contributed by atoms with van der Waals surface area (Å²) in [4.78, 5) is 37.5. The number of carbonyl (C=O) groups excluding carboxylic acids is 3. The van der Waals surface area contributed by atoms with Crippen LogP contribution in [0.1, 0.15) is 52.5 Å². The molecule has 0 bridgehead atoms. The minimum Gasteiger partial charge on any atom is -0.458 e. The van der Waals surface area contributed by atoms with Gasteiger partial charge in [-0.15, -0.1) is 0 Å². The van der Waals surface area contributed by atoms with E-state index in [1.54, 1.807) is 20.8 Å². The third-order valence-electron chi connectivity index (χ3n) is 5.15. The minimum atomic E-state index is -0.896. The van der Waals surface area contributed by atoms with Crippen molar-refractivity contribution in [1.29, 1.82) is 0 Å².